The predicted octanol–water partition coefficient (Wildman–Crippen LogP) is 3.04. The van der Waals surface area contributed by atoms with Crippen LogP contribution in [0.5, 0.6) is 11.5 Å². The lowest BCUT2D eigenvalue weighted by atomic mass is 10.1. The molecule has 0 unspecified atom stereocenters. The van der Waals surface area contributed by atoms with Gasteiger partial charge in [0.25, 0.3) is 0 Å². The van der Waals surface area contributed by atoms with Crippen LogP contribution >= 0.6 is 0 Å². The Morgan fingerprint density at radius 3 is 2.21 bits per heavy atom. The minimum absolute atomic E-state index is 0.342. The number of hydrogen-bond acceptors (Lipinski definition) is 4. The van der Waals surface area contributed by atoms with Crippen molar-refractivity contribution in [1.82, 2.24) is 0 Å². The molecule has 0 atom stereocenters. The standard InChI is InChI=1S/C15H24O4/c1-5-12-8-9-13(14(10-12)16-4)19-11-15(17-6-2)18-7-3/h8-10,15H,5-7,11H2,1-4H3. The number of rotatable bonds is 9. The minimum Gasteiger partial charge on any atom is -0.493 e. The van der Waals surface area contributed by atoms with Gasteiger partial charge in [0.1, 0.15) is 6.61 Å². The van der Waals surface area contributed by atoms with Gasteiger partial charge in [-0.05, 0) is 38.0 Å². The molecular weight excluding hydrogens is 244 g/mol. The Hall–Kier alpha value is -1.26. The Bertz CT molecular complexity index is 359. The fourth-order valence-electron chi connectivity index (χ4n) is 1.73. The van der Waals surface area contributed by atoms with Crippen molar-refractivity contribution >= 4 is 0 Å². The highest BCUT2D eigenvalue weighted by atomic mass is 16.7. The summed E-state index contributed by atoms with van der Waals surface area (Å²) in [4.78, 5) is 0. The zero-order valence-electron chi connectivity index (χ0n) is 12.3. The molecule has 4 nitrogen and oxygen atoms in total. The molecule has 0 fully saturated rings. The van der Waals surface area contributed by atoms with Crippen molar-refractivity contribution < 1.29 is 18.9 Å². The second-order valence-corrected chi connectivity index (χ2v) is 3.99. The third-order valence-electron chi connectivity index (χ3n) is 2.72. The van der Waals surface area contributed by atoms with Gasteiger partial charge in [0.2, 0.25) is 0 Å². The Morgan fingerprint density at radius 1 is 1.00 bits per heavy atom. The normalized spacial score (nSPS) is 10.8. The Morgan fingerprint density at radius 2 is 1.68 bits per heavy atom. The van der Waals surface area contributed by atoms with Crippen LogP contribution in [0.15, 0.2) is 18.2 Å². The van der Waals surface area contributed by atoms with Crippen LogP contribution in [0.1, 0.15) is 26.3 Å². The zero-order chi connectivity index (χ0) is 14.1. The fraction of sp³-hybridized carbons (Fsp3) is 0.600. The second-order valence-electron chi connectivity index (χ2n) is 3.99. The Balaban J connectivity index is 2.64. The van der Waals surface area contributed by atoms with Crippen molar-refractivity contribution in [3.8, 4) is 11.5 Å². The van der Waals surface area contributed by atoms with E-state index >= 15 is 0 Å². The summed E-state index contributed by atoms with van der Waals surface area (Å²) in [5.74, 6) is 1.45. The second kappa shape index (κ2) is 8.77. The van der Waals surface area contributed by atoms with Crippen molar-refractivity contribution in [2.75, 3.05) is 26.9 Å². The van der Waals surface area contributed by atoms with Gasteiger partial charge in [-0.1, -0.05) is 13.0 Å². The molecular formula is C15H24O4. The van der Waals surface area contributed by atoms with E-state index in [0.29, 0.717) is 25.6 Å². The molecule has 0 aliphatic carbocycles. The first-order valence-electron chi connectivity index (χ1n) is 6.78. The lowest BCUT2D eigenvalue weighted by molar-refractivity contribution is -0.152. The number of ether oxygens (including phenoxy) is 4. The van der Waals surface area contributed by atoms with E-state index in [-0.39, 0.29) is 6.29 Å². The first-order chi connectivity index (χ1) is 9.24. The number of hydrogen-bond donors (Lipinski definition) is 0. The average molecular weight is 268 g/mol. The van der Waals surface area contributed by atoms with Crippen LogP contribution in [0.25, 0.3) is 0 Å². The van der Waals surface area contributed by atoms with Crippen LogP contribution in [-0.2, 0) is 15.9 Å². The molecule has 0 N–H and O–H groups in total. The summed E-state index contributed by atoms with van der Waals surface area (Å²) < 4.78 is 21.9. The number of methoxy groups -OCH3 is 1. The van der Waals surface area contributed by atoms with E-state index in [4.69, 9.17) is 18.9 Å². The van der Waals surface area contributed by atoms with E-state index in [2.05, 4.69) is 6.92 Å². The van der Waals surface area contributed by atoms with Gasteiger partial charge in [0.05, 0.1) is 7.11 Å². The highest BCUT2D eigenvalue weighted by molar-refractivity contribution is 5.42. The maximum atomic E-state index is 5.72. The van der Waals surface area contributed by atoms with Crippen molar-refractivity contribution in [2.45, 2.75) is 33.5 Å². The summed E-state index contributed by atoms with van der Waals surface area (Å²) >= 11 is 0. The molecule has 108 valence electrons. The van der Waals surface area contributed by atoms with E-state index in [9.17, 15) is 0 Å². The van der Waals surface area contributed by atoms with Crippen molar-refractivity contribution in [3.05, 3.63) is 23.8 Å². The number of aryl methyl sites for hydroxylation is 1. The Kier molecular flexibility index (Phi) is 7.30. The largest absolute Gasteiger partial charge is 0.493 e. The average Bonchev–Trinajstić information content (AvgIpc) is 2.45. The van der Waals surface area contributed by atoms with Gasteiger partial charge in [0.15, 0.2) is 17.8 Å². The van der Waals surface area contributed by atoms with Crippen LogP contribution in [-0.4, -0.2) is 33.2 Å². The lowest BCUT2D eigenvalue weighted by Gasteiger charge is -2.18. The smallest absolute Gasteiger partial charge is 0.191 e. The quantitative estimate of drug-likeness (QED) is 0.645. The number of benzene rings is 1. The molecule has 0 heterocycles. The third-order valence-corrected chi connectivity index (χ3v) is 2.72. The van der Waals surface area contributed by atoms with Gasteiger partial charge < -0.3 is 18.9 Å². The van der Waals surface area contributed by atoms with Gasteiger partial charge >= 0.3 is 0 Å². The maximum Gasteiger partial charge on any atom is 0.191 e. The van der Waals surface area contributed by atoms with E-state index in [1.54, 1.807) is 7.11 Å². The molecule has 0 aliphatic rings. The fourth-order valence-corrected chi connectivity index (χ4v) is 1.73. The molecule has 0 saturated carbocycles. The molecule has 1 aromatic rings. The molecule has 0 amide bonds. The summed E-state index contributed by atoms with van der Waals surface area (Å²) in [6.07, 6.45) is 0.627. The molecule has 1 aromatic carbocycles. The first kappa shape index (κ1) is 15.8. The van der Waals surface area contributed by atoms with Crippen LogP contribution < -0.4 is 9.47 Å². The SMILES string of the molecule is CCOC(COc1ccc(CC)cc1OC)OCC. The highest BCUT2D eigenvalue weighted by Gasteiger charge is 2.11. The summed E-state index contributed by atoms with van der Waals surface area (Å²) in [6.45, 7) is 7.52. The Labute approximate surface area is 115 Å². The molecule has 19 heavy (non-hydrogen) atoms. The van der Waals surface area contributed by atoms with Crippen LogP contribution in [0, 0.1) is 0 Å². The first-order valence-corrected chi connectivity index (χ1v) is 6.78. The molecule has 0 saturated heterocycles. The van der Waals surface area contributed by atoms with E-state index in [0.717, 1.165) is 12.2 Å². The monoisotopic (exact) mass is 268 g/mol. The van der Waals surface area contributed by atoms with Crippen LogP contribution in [0.3, 0.4) is 0 Å². The zero-order valence-corrected chi connectivity index (χ0v) is 12.3. The maximum absolute atomic E-state index is 5.72. The van der Waals surface area contributed by atoms with Gasteiger partial charge in [0, 0.05) is 13.2 Å². The molecule has 0 bridgehead atoms. The summed E-state index contributed by atoms with van der Waals surface area (Å²) in [5, 5.41) is 0. The third kappa shape index (κ3) is 5.09. The van der Waals surface area contributed by atoms with E-state index < -0.39 is 0 Å². The highest BCUT2D eigenvalue weighted by Crippen LogP contribution is 2.28. The molecule has 0 spiro atoms. The lowest BCUT2D eigenvalue weighted by Crippen LogP contribution is -2.25. The molecule has 1 rings (SSSR count). The van der Waals surface area contributed by atoms with Gasteiger partial charge in [-0.15, -0.1) is 0 Å². The van der Waals surface area contributed by atoms with E-state index in [1.165, 1.54) is 5.56 Å². The van der Waals surface area contributed by atoms with E-state index in [1.807, 2.05) is 32.0 Å². The minimum atomic E-state index is -0.342. The van der Waals surface area contributed by atoms with Gasteiger partial charge in [-0.3, -0.25) is 0 Å². The predicted molar refractivity (Wildman–Crippen MR) is 74.9 cm³/mol. The van der Waals surface area contributed by atoms with Gasteiger partial charge in [-0.2, -0.15) is 0 Å². The van der Waals surface area contributed by atoms with Crippen LogP contribution in [0.2, 0.25) is 0 Å². The molecule has 4 heteroatoms. The molecule has 0 aliphatic heterocycles. The van der Waals surface area contributed by atoms with Gasteiger partial charge in [-0.25, -0.2) is 0 Å². The van der Waals surface area contributed by atoms with Crippen molar-refractivity contribution in [3.63, 3.8) is 0 Å². The molecule has 0 aromatic heterocycles. The van der Waals surface area contributed by atoms with Crippen LogP contribution in [0.4, 0.5) is 0 Å². The molecule has 0 radical (unpaired) electrons. The summed E-state index contributed by atoms with van der Waals surface area (Å²) in [5.41, 5.74) is 1.22. The summed E-state index contributed by atoms with van der Waals surface area (Å²) in [7, 11) is 1.64. The topological polar surface area (TPSA) is 36.9 Å². The summed E-state index contributed by atoms with van der Waals surface area (Å²) in [6, 6.07) is 5.95. The van der Waals surface area contributed by atoms with Crippen molar-refractivity contribution in [1.29, 1.82) is 0 Å². The van der Waals surface area contributed by atoms with Crippen molar-refractivity contribution in [2.24, 2.45) is 0 Å².